The summed E-state index contributed by atoms with van der Waals surface area (Å²) in [7, 11) is 1.30. The van der Waals surface area contributed by atoms with Crippen LogP contribution >= 0.6 is 0 Å². The average molecular weight is 286 g/mol. The van der Waals surface area contributed by atoms with Crippen LogP contribution in [0.2, 0.25) is 0 Å². The van der Waals surface area contributed by atoms with Crippen molar-refractivity contribution in [3.8, 4) is 0 Å². The van der Waals surface area contributed by atoms with E-state index in [1.165, 1.54) is 7.11 Å². The Morgan fingerprint density at radius 2 is 1.90 bits per heavy atom. The van der Waals surface area contributed by atoms with Crippen LogP contribution < -0.4 is 5.32 Å². The smallest absolute Gasteiger partial charge is 0.317 e. The molecule has 0 aliphatic carbocycles. The van der Waals surface area contributed by atoms with Gasteiger partial charge in [0.2, 0.25) is 0 Å². The summed E-state index contributed by atoms with van der Waals surface area (Å²) >= 11 is 0. The molecule has 0 aromatic carbocycles. The van der Waals surface area contributed by atoms with Gasteiger partial charge >= 0.3 is 18.0 Å². The number of carbonyl (C=O) groups is 3. The molecule has 7 nitrogen and oxygen atoms in total. The van der Waals surface area contributed by atoms with E-state index in [0.29, 0.717) is 32.4 Å². The number of ether oxygens (including phenoxy) is 1. The summed E-state index contributed by atoms with van der Waals surface area (Å²) in [4.78, 5) is 35.7. The SMILES string of the molecule is CCC1(C(=O)O)CCN(C(=O)NCCC(=O)OC)CC1. The molecule has 1 heterocycles. The highest BCUT2D eigenvalue weighted by molar-refractivity contribution is 5.77. The highest BCUT2D eigenvalue weighted by Crippen LogP contribution is 2.35. The monoisotopic (exact) mass is 286 g/mol. The van der Waals surface area contributed by atoms with Gasteiger partial charge in [0.15, 0.2) is 0 Å². The summed E-state index contributed by atoms with van der Waals surface area (Å²) in [6.07, 6.45) is 1.62. The number of methoxy groups -OCH3 is 1. The van der Waals surface area contributed by atoms with Crippen LogP contribution in [0.5, 0.6) is 0 Å². The first kappa shape index (κ1) is 16.3. The van der Waals surface area contributed by atoms with Gasteiger partial charge in [0, 0.05) is 19.6 Å². The molecule has 7 heteroatoms. The summed E-state index contributed by atoms with van der Waals surface area (Å²) in [6.45, 7) is 2.93. The van der Waals surface area contributed by atoms with Gasteiger partial charge in [0.25, 0.3) is 0 Å². The van der Waals surface area contributed by atoms with Crippen molar-refractivity contribution in [3.63, 3.8) is 0 Å². The lowest BCUT2D eigenvalue weighted by Crippen LogP contribution is -2.49. The third-order valence-electron chi connectivity index (χ3n) is 3.97. The molecule has 2 amide bonds. The number of hydrogen-bond acceptors (Lipinski definition) is 4. The van der Waals surface area contributed by atoms with E-state index >= 15 is 0 Å². The number of carboxylic acid groups (broad SMARTS) is 1. The minimum Gasteiger partial charge on any atom is -0.481 e. The number of likely N-dealkylation sites (tertiary alicyclic amines) is 1. The number of piperidine rings is 1. The molecule has 0 saturated carbocycles. The number of hydrogen-bond donors (Lipinski definition) is 2. The summed E-state index contributed by atoms with van der Waals surface area (Å²) in [5, 5.41) is 11.9. The first-order chi connectivity index (χ1) is 9.45. The van der Waals surface area contributed by atoms with Gasteiger partial charge in [0.05, 0.1) is 18.9 Å². The van der Waals surface area contributed by atoms with Crippen LogP contribution in [0.25, 0.3) is 0 Å². The van der Waals surface area contributed by atoms with Crippen LogP contribution in [-0.2, 0) is 14.3 Å². The zero-order valence-electron chi connectivity index (χ0n) is 12.0. The number of carboxylic acids is 1. The third-order valence-corrected chi connectivity index (χ3v) is 3.97. The third kappa shape index (κ3) is 3.85. The van der Waals surface area contributed by atoms with E-state index in [2.05, 4.69) is 10.1 Å². The molecule has 0 unspecified atom stereocenters. The summed E-state index contributed by atoms with van der Waals surface area (Å²) in [6, 6.07) is -0.260. The van der Waals surface area contributed by atoms with Gasteiger partial charge in [-0.15, -0.1) is 0 Å². The number of carbonyl (C=O) groups excluding carboxylic acids is 2. The largest absolute Gasteiger partial charge is 0.481 e. The van der Waals surface area contributed by atoms with Crippen LogP contribution in [0.15, 0.2) is 0 Å². The van der Waals surface area contributed by atoms with Crippen LogP contribution in [-0.4, -0.2) is 54.7 Å². The van der Waals surface area contributed by atoms with E-state index in [1.54, 1.807) is 4.90 Å². The second-order valence-corrected chi connectivity index (χ2v) is 4.98. The molecule has 1 rings (SSSR count). The maximum atomic E-state index is 11.9. The minimum absolute atomic E-state index is 0.129. The van der Waals surface area contributed by atoms with Gasteiger partial charge in [-0.1, -0.05) is 6.92 Å². The van der Waals surface area contributed by atoms with Crippen LogP contribution in [0, 0.1) is 5.41 Å². The standard InChI is InChI=1S/C13H22N2O5/c1-3-13(11(17)18)5-8-15(9-6-13)12(19)14-7-4-10(16)20-2/h3-9H2,1-2H3,(H,14,19)(H,17,18). The Kier molecular flexibility index (Phi) is 5.79. The average Bonchev–Trinajstić information content (AvgIpc) is 2.46. The lowest BCUT2D eigenvalue weighted by atomic mass is 9.76. The Hall–Kier alpha value is -1.79. The molecule has 1 aliphatic heterocycles. The van der Waals surface area contributed by atoms with E-state index in [0.717, 1.165) is 0 Å². The van der Waals surface area contributed by atoms with Gasteiger partial charge in [-0.25, -0.2) is 4.79 Å². The molecule has 2 N–H and O–H groups in total. The van der Waals surface area contributed by atoms with Crippen molar-refractivity contribution in [1.29, 1.82) is 0 Å². The Balaban J connectivity index is 2.39. The molecule has 114 valence electrons. The van der Waals surface area contributed by atoms with E-state index in [1.807, 2.05) is 6.92 Å². The topological polar surface area (TPSA) is 95.9 Å². The zero-order chi connectivity index (χ0) is 15.2. The van der Waals surface area contributed by atoms with Gasteiger partial charge in [0.1, 0.15) is 0 Å². The summed E-state index contributed by atoms with van der Waals surface area (Å²) < 4.78 is 4.48. The van der Waals surface area contributed by atoms with Crippen molar-refractivity contribution in [1.82, 2.24) is 10.2 Å². The van der Waals surface area contributed by atoms with Gasteiger partial charge in [-0.05, 0) is 19.3 Å². The number of esters is 1. The Morgan fingerprint density at radius 1 is 1.30 bits per heavy atom. The predicted octanol–water partition coefficient (Wildman–Crippen LogP) is 0.836. The Labute approximate surface area is 118 Å². The van der Waals surface area contributed by atoms with Gasteiger partial charge < -0.3 is 20.1 Å². The molecule has 20 heavy (non-hydrogen) atoms. The fourth-order valence-electron chi connectivity index (χ4n) is 2.34. The van der Waals surface area contributed by atoms with E-state index in [4.69, 9.17) is 0 Å². The highest BCUT2D eigenvalue weighted by Gasteiger charge is 2.40. The molecule has 0 atom stereocenters. The van der Waals surface area contributed by atoms with Crippen LogP contribution in [0.4, 0.5) is 4.79 Å². The maximum Gasteiger partial charge on any atom is 0.317 e. The lowest BCUT2D eigenvalue weighted by Gasteiger charge is -2.38. The lowest BCUT2D eigenvalue weighted by molar-refractivity contribution is -0.152. The number of rotatable bonds is 5. The zero-order valence-corrected chi connectivity index (χ0v) is 12.0. The molecule has 0 spiro atoms. The molecule has 0 bridgehead atoms. The van der Waals surface area contributed by atoms with Gasteiger partial charge in [-0.3, -0.25) is 9.59 Å². The molecule has 0 aromatic rings. The molecule has 1 saturated heterocycles. The molecular formula is C13H22N2O5. The maximum absolute atomic E-state index is 11.9. The Morgan fingerprint density at radius 3 is 2.35 bits per heavy atom. The fourth-order valence-corrected chi connectivity index (χ4v) is 2.34. The number of amides is 2. The van der Waals surface area contributed by atoms with E-state index in [-0.39, 0.29) is 25.0 Å². The van der Waals surface area contributed by atoms with Crippen LogP contribution in [0.1, 0.15) is 32.6 Å². The molecular weight excluding hydrogens is 264 g/mol. The summed E-state index contributed by atoms with van der Waals surface area (Å²) in [5.74, 6) is -1.16. The first-order valence-electron chi connectivity index (χ1n) is 6.78. The molecule has 1 fully saturated rings. The molecule has 0 aromatic heterocycles. The van der Waals surface area contributed by atoms with Crippen molar-refractivity contribution in [2.24, 2.45) is 5.41 Å². The van der Waals surface area contributed by atoms with Crippen molar-refractivity contribution in [2.75, 3.05) is 26.7 Å². The van der Waals surface area contributed by atoms with Crippen molar-refractivity contribution in [2.45, 2.75) is 32.6 Å². The van der Waals surface area contributed by atoms with Crippen molar-refractivity contribution >= 4 is 18.0 Å². The Bertz CT molecular complexity index is 375. The second-order valence-electron chi connectivity index (χ2n) is 4.98. The summed E-state index contributed by atoms with van der Waals surface area (Å²) in [5.41, 5.74) is -0.706. The van der Waals surface area contributed by atoms with Gasteiger partial charge in [-0.2, -0.15) is 0 Å². The number of urea groups is 1. The van der Waals surface area contributed by atoms with E-state index in [9.17, 15) is 19.5 Å². The fraction of sp³-hybridized carbons (Fsp3) is 0.769. The van der Waals surface area contributed by atoms with E-state index < -0.39 is 11.4 Å². The first-order valence-corrected chi connectivity index (χ1v) is 6.78. The number of nitrogens with zero attached hydrogens (tertiary/aromatic N) is 1. The quantitative estimate of drug-likeness (QED) is 0.730. The second kappa shape index (κ2) is 7.12. The van der Waals surface area contributed by atoms with Crippen molar-refractivity contribution in [3.05, 3.63) is 0 Å². The minimum atomic E-state index is -0.786. The normalized spacial score (nSPS) is 17.4. The predicted molar refractivity (Wildman–Crippen MR) is 71.2 cm³/mol. The van der Waals surface area contributed by atoms with Crippen LogP contribution in [0.3, 0.4) is 0 Å². The molecule has 0 radical (unpaired) electrons. The molecule has 1 aliphatic rings. The van der Waals surface area contributed by atoms with Crippen molar-refractivity contribution < 1.29 is 24.2 Å². The number of aliphatic carboxylic acids is 1. The number of nitrogens with one attached hydrogen (secondary N) is 1. The highest BCUT2D eigenvalue weighted by atomic mass is 16.5.